The number of anilines is 1. The van der Waals surface area contributed by atoms with Crippen LogP contribution in [0.5, 0.6) is 5.75 Å². The van der Waals surface area contributed by atoms with Crippen LogP contribution in [0, 0.1) is 6.92 Å². The highest BCUT2D eigenvalue weighted by Crippen LogP contribution is 2.30. The monoisotopic (exact) mass is 438 g/mol. The molecule has 0 unspecified atom stereocenters. The van der Waals surface area contributed by atoms with E-state index in [1.165, 1.54) is 23.1 Å². The molecular weight excluding hydrogens is 420 g/mol. The number of aryl methyl sites for hydroxylation is 1. The summed E-state index contributed by atoms with van der Waals surface area (Å²) >= 11 is 2.72. The summed E-state index contributed by atoms with van der Waals surface area (Å²) < 4.78 is 6.15. The van der Waals surface area contributed by atoms with Crippen LogP contribution in [0.4, 0.5) is 10.8 Å². The van der Waals surface area contributed by atoms with Gasteiger partial charge in [-0.1, -0.05) is 52.9 Å². The van der Waals surface area contributed by atoms with Gasteiger partial charge in [0, 0.05) is 17.0 Å². The Balaban J connectivity index is 1.28. The Morgan fingerprint density at radius 1 is 1.17 bits per heavy atom. The Morgan fingerprint density at radius 2 is 1.97 bits per heavy atom. The van der Waals surface area contributed by atoms with Crippen molar-refractivity contribution in [3.63, 3.8) is 0 Å². The van der Waals surface area contributed by atoms with Crippen molar-refractivity contribution in [3.8, 4) is 5.75 Å². The zero-order valence-electron chi connectivity index (χ0n) is 16.1. The van der Waals surface area contributed by atoms with E-state index in [2.05, 4.69) is 20.5 Å². The number of thioether (sulfide) groups is 1. The number of nitrogens with one attached hydrogen (secondary N) is 1. The van der Waals surface area contributed by atoms with E-state index in [-0.39, 0.29) is 18.3 Å². The number of amides is 1. The minimum Gasteiger partial charge on any atom is -0.484 e. The number of aliphatic imine (C=N–C) groups is 1. The standard InChI is InChI=1S/C21H18N4O3S2/c1-13-6-8-15(9-7-13)28-11-19(27)23-20-24-25-21(30-20)29-12-14-10-18(26)16-4-2-3-5-17(16)22-14/h2-9H,10-12H2,1H3,(H,23,24,27). The Kier molecular flexibility index (Phi) is 6.20. The molecule has 0 saturated carbocycles. The molecule has 0 fully saturated rings. The molecule has 1 amide bonds. The Morgan fingerprint density at radius 3 is 2.80 bits per heavy atom. The molecule has 0 spiro atoms. The molecule has 7 nitrogen and oxygen atoms in total. The molecule has 0 bridgehead atoms. The molecule has 3 aromatic rings. The van der Waals surface area contributed by atoms with Crippen LogP contribution in [0.2, 0.25) is 0 Å². The molecule has 1 aliphatic heterocycles. The lowest BCUT2D eigenvalue weighted by atomic mass is 10.0. The predicted molar refractivity (Wildman–Crippen MR) is 118 cm³/mol. The number of fused-ring (bicyclic) bond motifs is 1. The number of hydrogen-bond donors (Lipinski definition) is 1. The van der Waals surface area contributed by atoms with Gasteiger partial charge < -0.3 is 4.74 Å². The second kappa shape index (κ2) is 9.19. The molecule has 4 rings (SSSR count). The first-order chi connectivity index (χ1) is 14.6. The number of carbonyl (C=O) groups excluding carboxylic acids is 2. The number of carbonyl (C=O) groups is 2. The first kappa shape index (κ1) is 20.2. The van der Waals surface area contributed by atoms with Crippen molar-refractivity contribution in [1.29, 1.82) is 0 Å². The number of rotatable bonds is 7. The van der Waals surface area contributed by atoms with Crippen LogP contribution in [0.15, 0.2) is 57.9 Å². The minimum absolute atomic E-state index is 0.0787. The average Bonchev–Trinajstić information content (AvgIpc) is 3.19. The van der Waals surface area contributed by atoms with E-state index in [1.807, 2.05) is 49.4 Å². The predicted octanol–water partition coefficient (Wildman–Crippen LogP) is 4.32. The SMILES string of the molecule is Cc1ccc(OCC(=O)Nc2nnc(SCC3=Nc4ccccc4C(=O)C3)s2)cc1. The number of benzene rings is 2. The minimum atomic E-state index is -0.304. The highest BCUT2D eigenvalue weighted by atomic mass is 32.2. The third-order valence-electron chi connectivity index (χ3n) is 4.25. The van der Waals surface area contributed by atoms with Crippen LogP contribution in [0.1, 0.15) is 22.3 Å². The molecule has 2 aromatic carbocycles. The molecule has 0 aliphatic carbocycles. The number of ketones is 1. The van der Waals surface area contributed by atoms with Crippen molar-refractivity contribution < 1.29 is 14.3 Å². The average molecular weight is 439 g/mol. The van der Waals surface area contributed by atoms with E-state index >= 15 is 0 Å². The van der Waals surface area contributed by atoms with Gasteiger partial charge in [-0.3, -0.25) is 19.9 Å². The maximum absolute atomic E-state index is 12.2. The molecule has 30 heavy (non-hydrogen) atoms. The van der Waals surface area contributed by atoms with Gasteiger partial charge >= 0.3 is 0 Å². The lowest BCUT2D eigenvalue weighted by molar-refractivity contribution is -0.118. The van der Waals surface area contributed by atoms with Gasteiger partial charge in [0.25, 0.3) is 5.91 Å². The molecule has 0 atom stereocenters. The Bertz CT molecular complexity index is 1110. The Hall–Kier alpha value is -3.04. The lowest BCUT2D eigenvalue weighted by Crippen LogP contribution is -2.20. The highest BCUT2D eigenvalue weighted by molar-refractivity contribution is 8.01. The van der Waals surface area contributed by atoms with Gasteiger partial charge in [-0.15, -0.1) is 10.2 Å². The number of Topliss-reactive ketones (excluding diaryl/α,β-unsaturated/α-hetero) is 1. The third kappa shape index (κ3) is 5.11. The summed E-state index contributed by atoms with van der Waals surface area (Å²) in [4.78, 5) is 28.9. The van der Waals surface area contributed by atoms with Gasteiger partial charge in [-0.2, -0.15) is 0 Å². The zero-order chi connectivity index (χ0) is 20.9. The van der Waals surface area contributed by atoms with Crippen LogP contribution in [0.25, 0.3) is 0 Å². The van der Waals surface area contributed by atoms with Crippen LogP contribution >= 0.6 is 23.1 Å². The summed E-state index contributed by atoms with van der Waals surface area (Å²) in [6.45, 7) is 1.88. The summed E-state index contributed by atoms with van der Waals surface area (Å²) in [6, 6.07) is 14.8. The van der Waals surface area contributed by atoms with Crippen molar-refractivity contribution in [2.24, 2.45) is 4.99 Å². The summed E-state index contributed by atoms with van der Waals surface area (Å²) in [5.74, 6) is 0.949. The highest BCUT2D eigenvalue weighted by Gasteiger charge is 2.20. The first-order valence-corrected chi connectivity index (χ1v) is 11.0. The fourth-order valence-electron chi connectivity index (χ4n) is 2.78. The molecule has 1 N–H and O–H groups in total. The van der Waals surface area contributed by atoms with Crippen molar-refractivity contribution in [3.05, 3.63) is 59.7 Å². The molecule has 2 heterocycles. The molecule has 1 aromatic heterocycles. The summed E-state index contributed by atoms with van der Waals surface area (Å²) in [7, 11) is 0. The molecule has 152 valence electrons. The van der Waals surface area contributed by atoms with Crippen LogP contribution in [-0.4, -0.2) is 40.0 Å². The second-order valence-corrected chi connectivity index (χ2v) is 8.81. The van der Waals surface area contributed by atoms with E-state index in [4.69, 9.17) is 4.74 Å². The largest absolute Gasteiger partial charge is 0.484 e. The van der Waals surface area contributed by atoms with E-state index in [9.17, 15) is 9.59 Å². The summed E-state index contributed by atoms with van der Waals surface area (Å²) in [5, 5.41) is 11.2. The maximum atomic E-state index is 12.2. The first-order valence-electron chi connectivity index (χ1n) is 9.21. The quantitative estimate of drug-likeness (QED) is 0.436. The number of ether oxygens (including phenoxy) is 1. The third-order valence-corrected chi connectivity index (χ3v) is 6.30. The van der Waals surface area contributed by atoms with Gasteiger partial charge in [0.1, 0.15) is 5.75 Å². The van der Waals surface area contributed by atoms with Crippen molar-refractivity contribution in [2.75, 3.05) is 17.7 Å². The van der Waals surface area contributed by atoms with Gasteiger partial charge in [0.2, 0.25) is 5.13 Å². The second-order valence-electron chi connectivity index (χ2n) is 6.61. The van der Waals surface area contributed by atoms with Gasteiger partial charge in [-0.05, 0) is 31.2 Å². The molecular formula is C21H18N4O3S2. The van der Waals surface area contributed by atoms with Gasteiger partial charge in [0.15, 0.2) is 16.7 Å². The van der Waals surface area contributed by atoms with E-state index in [1.54, 1.807) is 6.07 Å². The van der Waals surface area contributed by atoms with E-state index in [0.717, 1.165) is 11.3 Å². The number of hydrogen-bond acceptors (Lipinski definition) is 8. The van der Waals surface area contributed by atoms with E-state index < -0.39 is 0 Å². The fourth-order valence-corrected chi connectivity index (χ4v) is 4.48. The number of para-hydroxylation sites is 1. The summed E-state index contributed by atoms with van der Waals surface area (Å²) in [5.41, 5.74) is 3.30. The zero-order valence-corrected chi connectivity index (χ0v) is 17.8. The smallest absolute Gasteiger partial charge is 0.264 e. The maximum Gasteiger partial charge on any atom is 0.264 e. The summed E-state index contributed by atoms with van der Waals surface area (Å²) in [6.07, 6.45) is 0.308. The van der Waals surface area contributed by atoms with Crippen LogP contribution < -0.4 is 10.1 Å². The van der Waals surface area contributed by atoms with Crippen molar-refractivity contribution >= 4 is 51.3 Å². The van der Waals surface area contributed by atoms with Crippen LogP contribution in [-0.2, 0) is 4.79 Å². The van der Waals surface area contributed by atoms with Crippen molar-refractivity contribution in [2.45, 2.75) is 17.7 Å². The van der Waals surface area contributed by atoms with Gasteiger partial charge in [0.05, 0.1) is 12.1 Å². The topological polar surface area (TPSA) is 93.5 Å². The van der Waals surface area contributed by atoms with Gasteiger partial charge in [-0.25, -0.2) is 0 Å². The van der Waals surface area contributed by atoms with Crippen molar-refractivity contribution in [1.82, 2.24) is 10.2 Å². The van der Waals surface area contributed by atoms with Crippen LogP contribution in [0.3, 0.4) is 0 Å². The fraction of sp³-hybridized carbons (Fsp3) is 0.190. The molecule has 9 heteroatoms. The Labute approximate surface area is 181 Å². The van der Waals surface area contributed by atoms with E-state index in [0.29, 0.717) is 38.6 Å². The number of nitrogens with zero attached hydrogens (tertiary/aromatic N) is 3. The molecule has 0 saturated heterocycles. The number of aromatic nitrogens is 2. The normalized spacial score (nSPS) is 12.8. The molecule has 0 radical (unpaired) electrons. The lowest BCUT2D eigenvalue weighted by Gasteiger charge is -2.13. The molecule has 1 aliphatic rings.